The third-order valence-corrected chi connectivity index (χ3v) is 2.40. The summed E-state index contributed by atoms with van der Waals surface area (Å²) in [6.45, 7) is 1.36. The molecule has 2 aromatic rings. The zero-order chi connectivity index (χ0) is 12.4. The summed E-state index contributed by atoms with van der Waals surface area (Å²) >= 11 is 0. The van der Waals surface area contributed by atoms with Crippen molar-refractivity contribution in [2.45, 2.75) is 6.92 Å². The molecule has 5 heteroatoms. The summed E-state index contributed by atoms with van der Waals surface area (Å²) in [7, 11) is 1.53. The van der Waals surface area contributed by atoms with Gasteiger partial charge in [0, 0.05) is 18.6 Å². The van der Waals surface area contributed by atoms with Gasteiger partial charge in [0.2, 0.25) is 11.3 Å². The molecule has 1 aromatic heterocycles. The van der Waals surface area contributed by atoms with Crippen LogP contribution in [0.3, 0.4) is 0 Å². The molecule has 2 N–H and O–H groups in total. The third-order valence-electron chi connectivity index (χ3n) is 2.40. The fraction of sp³-hybridized carbons (Fsp3) is 0.167. The summed E-state index contributed by atoms with van der Waals surface area (Å²) in [6, 6.07) is 5.16. The molecule has 5 nitrogen and oxygen atoms in total. The molecule has 0 saturated heterocycles. The van der Waals surface area contributed by atoms with E-state index in [1.165, 1.54) is 20.2 Å². The number of anilines is 1. The van der Waals surface area contributed by atoms with Crippen molar-refractivity contribution < 1.29 is 9.53 Å². The van der Waals surface area contributed by atoms with E-state index < -0.39 is 0 Å². The maximum Gasteiger partial charge on any atom is 0.221 e. The molecule has 0 spiro atoms. The van der Waals surface area contributed by atoms with Crippen molar-refractivity contribution in [3.63, 3.8) is 0 Å². The Morgan fingerprint density at radius 2 is 2.18 bits per heavy atom. The van der Waals surface area contributed by atoms with Crippen molar-refractivity contribution in [3.05, 3.63) is 34.6 Å². The molecular formula is C12H12N2O3. The normalized spacial score (nSPS) is 10.2. The Bertz CT molecular complexity index is 631. The van der Waals surface area contributed by atoms with E-state index in [1.54, 1.807) is 18.2 Å². The summed E-state index contributed by atoms with van der Waals surface area (Å²) in [5.41, 5.74) is 0.705. The average Bonchev–Trinajstić information content (AvgIpc) is 2.32. The molecule has 1 heterocycles. The second kappa shape index (κ2) is 4.29. The molecule has 0 aliphatic carbocycles. The molecule has 1 amide bonds. The topological polar surface area (TPSA) is 71.2 Å². The summed E-state index contributed by atoms with van der Waals surface area (Å²) in [4.78, 5) is 25.9. The molecule has 88 valence electrons. The number of H-pyrrole nitrogens is 1. The van der Waals surface area contributed by atoms with Gasteiger partial charge in [-0.2, -0.15) is 0 Å². The van der Waals surface area contributed by atoms with Crippen LogP contribution in [-0.2, 0) is 4.79 Å². The van der Waals surface area contributed by atoms with E-state index in [0.717, 1.165) is 0 Å². The zero-order valence-corrected chi connectivity index (χ0v) is 9.53. The van der Waals surface area contributed by atoms with Gasteiger partial charge in [-0.05, 0) is 18.2 Å². The Morgan fingerprint density at radius 1 is 1.41 bits per heavy atom. The minimum absolute atomic E-state index is 0.229. The van der Waals surface area contributed by atoms with Gasteiger partial charge >= 0.3 is 0 Å². The Labute approximate surface area is 97.4 Å². The molecule has 0 bridgehead atoms. The molecule has 0 radical (unpaired) electrons. The Hall–Kier alpha value is -2.30. The van der Waals surface area contributed by atoms with Gasteiger partial charge in [-0.25, -0.2) is 0 Å². The lowest BCUT2D eigenvalue weighted by Crippen LogP contribution is -2.15. The highest BCUT2D eigenvalue weighted by atomic mass is 16.5. The van der Waals surface area contributed by atoms with E-state index >= 15 is 0 Å². The predicted molar refractivity (Wildman–Crippen MR) is 65.4 cm³/mol. The number of methoxy groups -OCH3 is 1. The molecule has 17 heavy (non-hydrogen) atoms. The standard InChI is InChI=1S/C12H12N2O3/c1-7(15)14-11-6-13-10-4-3-8(17-2)5-9(10)12(11)16/h3-6H,1-2H3,(H,13,16)(H,14,15). The number of rotatable bonds is 2. The zero-order valence-electron chi connectivity index (χ0n) is 9.53. The Balaban J connectivity index is 2.64. The first-order valence-electron chi connectivity index (χ1n) is 5.09. The number of fused-ring (bicyclic) bond motifs is 1. The number of carbonyl (C=O) groups excluding carboxylic acids is 1. The summed E-state index contributed by atoms with van der Waals surface area (Å²) in [5, 5.41) is 2.96. The second-order valence-electron chi connectivity index (χ2n) is 3.62. The number of ether oxygens (including phenoxy) is 1. The fourth-order valence-corrected chi connectivity index (χ4v) is 1.61. The molecule has 0 aliphatic rings. The molecule has 0 aliphatic heterocycles. The number of hydrogen-bond acceptors (Lipinski definition) is 3. The van der Waals surface area contributed by atoms with Gasteiger partial charge in [-0.15, -0.1) is 0 Å². The van der Waals surface area contributed by atoms with Gasteiger partial charge in [0.15, 0.2) is 0 Å². The average molecular weight is 232 g/mol. The van der Waals surface area contributed by atoms with E-state index in [0.29, 0.717) is 16.7 Å². The number of amides is 1. The van der Waals surface area contributed by atoms with Gasteiger partial charge in [0.1, 0.15) is 11.4 Å². The van der Waals surface area contributed by atoms with Crippen molar-refractivity contribution in [1.82, 2.24) is 4.98 Å². The number of hydrogen-bond donors (Lipinski definition) is 2. The minimum Gasteiger partial charge on any atom is -0.497 e. The summed E-state index contributed by atoms with van der Waals surface area (Å²) in [5.74, 6) is 0.320. The van der Waals surface area contributed by atoms with Crippen LogP contribution in [0.25, 0.3) is 10.9 Å². The second-order valence-corrected chi connectivity index (χ2v) is 3.62. The summed E-state index contributed by atoms with van der Waals surface area (Å²) < 4.78 is 5.06. The number of aromatic amines is 1. The van der Waals surface area contributed by atoms with Crippen LogP contribution >= 0.6 is 0 Å². The third kappa shape index (κ3) is 2.13. The van der Waals surface area contributed by atoms with E-state index in [1.807, 2.05) is 0 Å². The van der Waals surface area contributed by atoms with Crippen molar-refractivity contribution >= 4 is 22.5 Å². The molecule has 0 unspecified atom stereocenters. The van der Waals surface area contributed by atoms with E-state index in [-0.39, 0.29) is 17.0 Å². The van der Waals surface area contributed by atoms with Crippen LogP contribution in [0.5, 0.6) is 5.75 Å². The first kappa shape index (κ1) is 11.2. The maximum absolute atomic E-state index is 12.0. The molecule has 0 saturated carbocycles. The molecular weight excluding hydrogens is 220 g/mol. The van der Waals surface area contributed by atoms with Gasteiger partial charge in [0.05, 0.1) is 12.5 Å². The lowest BCUT2D eigenvalue weighted by molar-refractivity contribution is -0.114. The lowest BCUT2D eigenvalue weighted by Gasteiger charge is -2.05. The van der Waals surface area contributed by atoms with Crippen molar-refractivity contribution in [1.29, 1.82) is 0 Å². The van der Waals surface area contributed by atoms with Crippen LogP contribution in [0.2, 0.25) is 0 Å². The first-order valence-corrected chi connectivity index (χ1v) is 5.09. The molecule has 0 atom stereocenters. The van der Waals surface area contributed by atoms with Crippen molar-refractivity contribution in [3.8, 4) is 5.75 Å². The van der Waals surface area contributed by atoms with Crippen LogP contribution in [0.15, 0.2) is 29.2 Å². The monoisotopic (exact) mass is 232 g/mol. The van der Waals surface area contributed by atoms with E-state index in [2.05, 4.69) is 10.3 Å². The van der Waals surface area contributed by atoms with Crippen molar-refractivity contribution in [2.24, 2.45) is 0 Å². The Morgan fingerprint density at radius 3 is 2.82 bits per heavy atom. The molecule has 2 rings (SSSR count). The van der Waals surface area contributed by atoms with E-state index in [4.69, 9.17) is 4.74 Å². The smallest absolute Gasteiger partial charge is 0.221 e. The van der Waals surface area contributed by atoms with Gasteiger partial charge < -0.3 is 15.0 Å². The number of aromatic nitrogens is 1. The lowest BCUT2D eigenvalue weighted by atomic mass is 10.2. The number of pyridine rings is 1. The fourth-order valence-electron chi connectivity index (χ4n) is 1.61. The van der Waals surface area contributed by atoms with Gasteiger partial charge in [-0.3, -0.25) is 9.59 Å². The van der Waals surface area contributed by atoms with E-state index in [9.17, 15) is 9.59 Å². The predicted octanol–water partition coefficient (Wildman–Crippen LogP) is 1.50. The van der Waals surface area contributed by atoms with Crippen LogP contribution in [-0.4, -0.2) is 18.0 Å². The number of carbonyl (C=O) groups is 1. The van der Waals surface area contributed by atoms with Crippen LogP contribution in [0.1, 0.15) is 6.92 Å². The van der Waals surface area contributed by atoms with Crippen molar-refractivity contribution in [2.75, 3.05) is 12.4 Å². The highest BCUT2D eigenvalue weighted by Gasteiger charge is 2.07. The first-order chi connectivity index (χ1) is 8.11. The van der Waals surface area contributed by atoms with Gasteiger partial charge in [0.25, 0.3) is 0 Å². The van der Waals surface area contributed by atoms with Gasteiger partial charge in [-0.1, -0.05) is 0 Å². The van der Waals surface area contributed by atoms with Crippen LogP contribution in [0, 0.1) is 0 Å². The highest BCUT2D eigenvalue weighted by molar-refractivity contribution is 5.91. The molecule has 1 aromatic carbocycles. The maximum atomic E-state index is 12.0. The minimum atomic E-state index is -0.280. The number of benzene rings is 1. The van der Waals surface area contributed by atoms with Crippen LogP contribution in [0.4, 0.5) is 5.69 Å². The highest BCUT2D eigenvalue weighted by Crippen LogP contribution is 2.17. The van der Waals surface area contributed by atoms with Crippen LogP contribution < -0.4 is 15.5 Å². The Kier molecular flexibility index (Phi) is 2.82. The summed E-state index contributed by atoms with van der Waals surface area (Å²) in [6.07, 6.45) is 1.48. The molecule has 0 fully saturated rings. The largest absolute Gasteiger partial charge is 0.497 e. The number of nitrogens with one attached hydrogen (secondary N) is 2. The SMILES string of the molecule is COc1ccc2[nH]cc(NC(C)=O)c(=O)c2c1. The quantitative estimate of drug-likeness (QED) is 0.824.